The van der Waals surface area contributed by atoms with Crippen LogP contribution in [-0.2, 0) is 6.18 Å². The lowest BCUT2D eigenvalue weighted by molar-refractivity contribution is -0.140. The number of likely N-dealkylation sites (tertiary alicyclic amines) is 1. The molecule has 2 atom stereocenters. The molecule has 0 bridgehead atoms. The first-order chi connectivity index (χ1) is 10.9. The van der Waals surface area contributed by atoms with E-state index >= 15 is 0 Å². The highest BCUT2D eigenvalue weighted by Crippen LogP contribution is 2.37. The number of alkyl halides is 3. The first-order valence-electron chi connectivity index (χ1n) is 7.96. The molecular weight excluding hydrogens is 327 g/mol. The highest BCUT2D eigenvalue weighted by Gasteiger charge is 2.38. The monoisotopic (exact) mass is 347 g/mol. The Labute approximate surface area is 137 Å². The summed E-state index contributed by atoms with van der Waals surface area (Å²) in [5, 5.41) is 4.08. The van der Waals surface area contributed by atoms with Crippen LogP contribution in [0.2, 0.25) is 0 Å². The Kier molecular flexibility index (Phi) is 4.53. The van der Waals surface area contributed by atoms with E-state index in [2.05, 4.69) is 10.3 Å². The summed E-state index contributed by atoms with van der Waals surface area (Å²) in [6.45, 7) is 2.40. The minimum atomic E-state index is -4.44. The first-order valence-corrected chi connectivity index (χ1v) is 8.84. The summed E-state index contributed by atoms with van der Waals surface area (Å²) in [7, 11) is 0. The third kappa shape index (κ3) is 3.46. The Morgan fingerprint density at radius 1 is 1.39 bits per heavy atom. The largest absolute Gasteiger partial charge is 0.434 e. The summed E-state index contributed by atoms with van der Waals surface area (Å²) in [5.41, 5.74) is -0.896. The van der Waals surface area contributed by atoms with Gasteiger partial charge in [0.25, 0.3) is 0 Å². The van der Waals surface area contributed by atoms with Gasteiger partial charge in [-0.3, -0.25) is 0 Å². The number of thiazole rings is 1. The van der Waals surface area contributed by atoms with Crippen LogP contribution in [0.15, 0.2) is 5.38 Å². The van der Waals surface area contributed by atoms with Gasteiger partial charge in [0.05, 0.1) is 6.04 Å². The summed E-state index contributed by atoms with van der Waals surface area (Å²) < 4.78 is 37.8. The van der Waals surface area contributed by atoms with Crippen LogP contribution in [0.25, 0.3) is 0 Å². The molecule has 1 N–H and O–H groups in total. The second-order valence-corrected chi connectivity index (χ2v) is 7.22. The van der Waals surface area contributed by atoms with Gasteiger partial charge in [-0.25, -0.2) is 9.78 Å². The van der Waals surface area contributed by atoms with E-state index < -0.39 is 17.9 Å². The number of aromatic nitrogens is 1. The normalized spacial score (nSPS) is 23.7. The van der Waals surface area contributed by atoms with Crippen molar-refractivity contribution in [3.05, 3.63) is 16.1 Å². The van der Waals surface area contributed by atoms with Gasteiger partial charge in [0.15, 0.2) is 5.69 Å². The molecule has 2 amide bonds. The zero-order chi connectivity index (χ0) is 16.6. The fourth-order valence-corrected chi connectivity index (χ4v) is 4.14. The van der Waals surface area contributed by atoms with Gasteiger partial charge >= 0.3 is 12.2 Å². The van der Waals surface area contributed by atoms with Crippen molar-refractivity contribution < 1.29 is 18.0 Å². The maximum absolute atomic E-state index is 12.6. The third-order valence-corrected chi connectivity index (χ3v) is 5.80. The van der Waals surface area contributed by atoms with E-state index in [1.807, 2.05) is 4.90 Å². The quantitative estimate of drug-likeness (QED) is 0.891. The molecule has 2 fully saturated rings. The number of hydrogen-bond acceptors (Lipinski definition) is 3. The molecule has 2 heterocycles. The SMILES string of the molecule is C[C@@H](NC(=O)N1CCC[C@@H]1C1CCC1)c1nc(C(F)(F)F)cs1. The molecule has 1 aromatic rings. The Bertz CT molecular complexity index is 571. The molecule has 0 unspecified atom stereocenters. The molecule has 128 valence electrons. The molecule has 1 aliphatic heterocycles. The number of hydrogen-bond donors (Lipinski definition) is 1. The third-order valence-electron chi connectivity index (χ3n) is 4.78. The van der Waals surface area contributed by atoms with E-state index in [-0.39, 0.29) is 17.1 Å². The van der Waals surface area contributed by atoms with Gasteiger partial charge < -0.3 is 10.2 Å². The second-order valence-electron chi connectivity index (χ2n) is 6.33. The van der Waals surface area contributed by atoms with Gasteiger partial charge in [-0.1, -0.05) is 6.42 Å². The number of nitrogens with zero attached hydrogens (tertiary/aromatic N) is 2. The van der Waals surface area contributed by atoms with Gasteiger partial charge in [0, 0.05) is 18.0 Å². The molecule has 0 aromatic carbocycles. The molecule has 1 saturated heterocycles. The van der Waals surface area contributed by atoms with Crippen molar-refractivity contribution in [3.63, 3.8) is 0 Å². The van der Waals surface area contributed by atoms with Crippen LogP contribution in [0.3, 0.4) is 0 Å². The smallest absolute Gasteiger partial charge is 0.329 e. The lowest BCUT2D eigenvalue weighted by atomic mass is 9.79. The maximum Gasteiger partial charge on any atom is 0.434 e. The van der Waals surface area contributed by atoms with E-state index in [1.54, 1.807) is 6.92 Å². The topological polar surface area (TPSA) is 45.2 Å². The zero-order valence-electron chi connectivity index (χ0n) is 12.9. The van der Waals surface area contributed by atoms with E-state index in [9.17, 15) is 18.0 Å². The van der Waals surface area contributed by atoms with Gasteiger partial charge in [-0.05, 0) is 38.5 Å². The summed E-state index contributed by atoms with van der Waals surface area (Å²) in [6.07, 6.45) is 1.16. The Morgan fingerprint density at radius 3 is 2.70 bits per heavy atom. The molecular formula is C15H20F3N3OS. The molecule has 4 nitrogen and oxygen atoms in total. The van der Waals surface area contributed by atoms with Crippen LogP contribution >= 0.6 is 11.3 Å². The van der Waals surface area contributed by atoms with Gasteiger partial charge in [-0.15, -0.1) is 11.3 Å². The molecule has 3 rings (SSSR count). The standard InChI is InChI=1S/C15H20F3N3OS/c1-9(13-20-12(8-23-13)15(16,17)18)19-14(22)21-7-3-6-11(21)10-4-2-5-10/h8-11H,2-7H2,1H3,(H,19,22)/t9-,11-/m1/s1. The van der Waals surface area contributed by atoms with E-state index in [0.29, 0.717) is 5.92 Å². The minimum absolute atomic E-state index is 0.185. The van der Waals surface area contributed by atoms with Gasteiger partial charge in [0.2, 0.25) is 0 Å². The fourth-order valence-electron chi connectivity index (χ4n) is 3.31. The Hall–Kier alpha value is -1.31. The number of urea groups is 1. The van der Waals surface area contributed by atoms with Crippen molar-refractivity contribution in [2.75, 3.05) is 6.54 Å². The number of rotatable bonds is 3. The predicted octanol–water partition coefficient (Wildman–Crippen LogP) is 4.20. The number of amides is 2. The second kappa shape index (κ2) is 6.30. The number of carbonyl (C=O) groups excluding carboxylic acids is 1. The summed E-state index contributed by atoms with van der Waals surface area (Å²) in [5.74, 6) is 0.593. The predicted molar refractivity (Wildman–Crippen MR) is 81.1 cm³/mol. The summed E-state index contributed by atoms with van der Waals surface area (Å²) in [6, 6.07) is -0.417. The first kappa shape index (κ1) is 16.5. The summed E-state index contributed by atoms with van der Waals surface area (Å²) in [4.78, 5) is 17.9. The number of nitrogens with one attached hydrogen (secondary N) is 1. The molecule has 1 saturated carbocycles. The van der Waals surface area contributed by atoms with Crippen LogP contribution < -0.4 is 5.32 Å². The van der Waals surface area contributed by atoms with Crippen LogP contribution in [0.1, 0.15) is 55.8 Å². The maximum atomic E-state index is 12.6. The average Bonchev–Trinajstić information content (AvgIpc) is 3.04. The molecule has 8 heteroatoms. The molecule has 2 aliphatic rings. The van der Waals surface area contributed by atoms with Crippen molar-refractivity contribution >= 4 is 17.4 Å². The number of carbonyl (C=O) groups is 1. The zero-order valence-corrected chi connectivity index (χ0v) is 13.7. The van der Waals surface area contributed by atoms with E-state index in [0.717, 1.165) is 36.1 Å². The molecule has 1 aromatic heterocycles. The van der Waals surface area contributed by atoms with E-state index in [4.69, 9.17) is 0 Å². The highest BCUT2D eigenvalue weighted by atomic mass is 32.1. The lowest BCUT2D eigenvalue weighted by Crippen LogP contribution is -2.47. The van der Waals surface area contributed by atoms with E-state index in [1.165, 1.54) is 19.3 Å². The van der Waals surface area contributed by atoms with Crippen LogP contribution in [0.4, 0.5) is 18.0 Å². The van der Waals surface area contributed by atoms with Crippen molar-refractivity contribution in [2.24, 2.45) is 5.92 Å². The van der Waals surface area contributed by atoms with Crippen LogP contribution in [0, 0.1) is 5.92 Å². The van der Waals surface area contributed by atoms with Crippen LogP contribution in [0.5, 0.6) is 0 Å². The van der Waals surface area contributed by atoms with Crippen LogP contribution in [-0.4, -0.2) is 28.5 Å². The molecule has 23 heavy (non-hydrogen) atoms. The van der Waals surface area contributed by atoms with Crippen molar-refractivity contribution in [2.45, 2.75) is 57.3 Å². The van der Waals surface area contributed by atoms with Crippen molar-refractivity contribution in [3.8, 4) is 0 Å². The highest BCUT2D eigenvalue weighted by molar-refractivity contribution is 7.09. The Morgan fingerprint density at radius 2 is 2.13 bits per heavy atom. The lowest BCUT2D eigenvalue weighted by Gasteiger charge is -2.37. The molecule has 0 spiro atoms. The van der Waals surface area contributed by atoms with Crippen molar-refractivity contribution in [1.29, 1.82) is 0 Å². The van der Waals surface area contributed by atoms with Crippen molar-refractivity contribution in [1.82, 2.24) is 15.2 Å². The van der Waals surface area contributed by atoms with Gasteiger partial charge in [-0.2, -0.15) is 13.2 Å². The molecule has 0 radical (unpaired) electrons. The minimum Gasteiger partial charge on any atom is -0.329 e. The van der Waals surface area contributed by atoms with Gasteiger partial charge in [0.1, 0.15) is 5.01 Å². The summed E-state index contributed by atoms with van der Waals surface area (Å²) >= 11 is 0.927. The molecule has 1 aliphatic carbocycles. The fraction of sp³-hybridized carbons (Fsp3) is 0.733. The number of halogens is 3. The Balaban J connectivity index is 1.61. The average molecular weight is 347 g/mol.